The van der Waals surface area contributed by atoms with E-state index in [4.69, 9.17) is 16.0 Å². The molecule has 0 aliphatic rings. The van der Waals surface area contributed by atoms with Gasteiger partial charge in [0.15, 0.2) is 0 Å². The number of carbonyl (C=O) groups excluding carboxylic acids is 2. The van der Waals surface area contributed by atoms with Crippen LogP contribution in [0.15, 0.2) is 83.7 Å². The molecule has 0 amide bonds. The molecular formula is C23H13ClN4O3. The topological polar surface area (TPSA) is 90.9 Å². The second-order valence-electron chi connectivity index (χ2n) is 6.73. The summed E-state index contributed by atoms with van der Waals surface area (Å²) in [5, 5.41) is 8.98. The van der Waals surface area contributed by atoms with Crippen molar-refractivity contribution in [1.82, 2.24) is 19.7 Å². The summed E-state index contributed by atoms with van der Waals surface area (Å²) in [5.74, 6) is -0.729. The average molecular weight is 429 g/mol. The summed E-state index contributed by atoms with van der Waals surface area (Å²) in [4.78, 5) is 30.3. The molecule has 150 valence electrons. The Kier molecular flexibility index (Phi) is 4.65. The summed E-state index contributed by atoms with van der Waals surface area (Å²) < 4.78 is 7.02. The van der Waals surface area contributed by atoms with E-state index in [0.29, 0.717) is 32.6 Å². The van der Waals surface area contributed by atoms with E-state index in [0.717, 1.165) is 0 Å². The number of nitrogens with zero attached hydrogens (tertiary/aromatic N) is 4. The SMILES string of the molecule is O=C(c1nnc(-c2cccnc2)o1)c1cn(C(=O)c2ccc(Cl)cc2)c2ccccc12. The third kappa shape index (κ3) is 3.41. The van der Waals surface area contributed by atoms with Gasteiger partial charge in [-0.05, 0) is 42.5 Å². The fraction of sp³-hybridized carbons (Fsp3) is 0. The lowest BCUT2D eigenvalue weighted by atomic mass is 10.1. The number of fused-ring (bicyclic) bond motifs is 1. The number of hydrogen-bond acceptors (Lipinski definition) is 6. The predicted octanol–water partition coefficient (Wildman–Crippen LogP) is 4.66. The highest BCUT2D eigenvalue weighted by Crippen LogP contribution is 2.26. The number of pyridine rings is 1. The van der Waals surface area contributed by atoms with Crippen molar-refractivity contribution >= 4 is 34.2 Å². The van der Waals surface area contributed by atoms with Gasteiger partial charge in [0.2, 0.25) is 5.89 Å². The normalized spacial score (nSPS) is 11.0. The lowest BCUT2D eigenvalue weighted by Gasteiger charge is -2.04. The Morgan fingerprint density at radius 2 is 1.74 bits per heavy atom. The van der Waals surface area contributed by atoms with E-state index < -0.39 is 5.78 Å². The lowest BCUT2D eigenvalue weighted by Crippen LogP contribution is -2.10. The third-order valence-corrected chi connectivity index (χ3v) is 5.05. The second-order valence-corrected chi connectivity index (χ2v) is 7.16. The fourth-order valence-corrected chi connectivity index (χ4v) is 3.42. The number of benzene rings is 2. The molecule has 7 nitrogen and oxygen atoms in total. The molecule has 31 heavy (non-hydrogen) atoms. The molecule has 0 fully saturated rings. The second kappa shape index (κ2) is 7.62. The zero-order valence-corrected chi connectivity index (χ0v) is 16.7. The van der Waals surface area contributed by atoms with Gasteiger partial charge < -0.3 is 4.42 Å². The molecule has 5 rings (SSSR count). The van der Waals surface area contributed by atoms with Crippen molar-refractivity contribution in [2.45, 2.75) is 0 Å². The molecule has 0 spiro atoms. The summed E-state index contributed by atoms with van der Waals surface area (Å²) in [7, 11) is 0. The number of para-hydroxylation sites is 1. The molecule has 0 aliphatic carbocycles. The van der Waals surface area contributed by atoms with Crippen molar-refractivity contribution in [3.8, 4) is 11.5 Å². The van der Waals surface area contributed by atoms with Crippen LogP contribution in [0.5, 0.6) is 0 Å². The standard InChI is InChI=1S/C23H13ClN4O3/c24-16-9-7-14(8-10-16)23(30)28-13-18(17-5-1-2-6-19(17)28)20(29)22-27-26-21(31-22)15-4-3-11-25-12-15/h1-13H. The van der Waals surface area contributed by atoms with Crippen molar-refractivity contribution in [1.29, 1.82) is 0 Å². The molecule has 0 N–H and O–H groups in total. The summed E-state index contributed by atoms with van der Waals surface area (Å²) in [5.41, 5.74) is 1.94. The summed E-state index contributed by atoms with van der Waals surface area (Å²) >= 11 is 5.93. The maximum absolute atomic E-state index is 13.2. The Bertz CT molecular complexity index is 1420. The van der Waals surface area contributed by atoms with Crippen molar-refractivity contribution in [2.24, 2.45) is 0 Å². The maximum Gasteiger partial charge on any atom is 0.289 e. The van der Waals surface area contributed by atoms with Gasteiger partial charge in [0, 0.05) is 34.6 Å². The summed E-state index contributed by atoms with van der Waals surface area (Å²) in [6.45, 7) is 0. The highest BCUT2D eigenvalue weighted by atomic mass is 35.5. The number of hydrogen-bond donors (Lipinski definition) is 0. The quantitative estimate of drug-likeness (QED) is 0.387. The largest absolute Gasteiger partial charge is 0.413 e. The number of aromatic nitrogens is 4. The minimum absolute atomic E-state index is 0.166. The number of rotatable bonds is 4. The molecule has 3 heterocycles. The van der Waals surface area contributed by atoms with Gasteiger partial charge >= 0.3 is 0 Å². The predicted molar refractivity (Wildman–Crippen MR) is 114 cm³/mol. The average Bonchev–Trinajstić information content (AvgIpc) is 3.45. The van der Waals surface area contributed by atoms with Gasteiger partial charge in [-0.2, -0.15) is 0 Å². The van der Waals surface area contributed by atoms with Crippen LogP contribution in [0, 0.1) is 0 Å². The Balaban J connectivity index is 1.57. The van der Waals surface area contributed by atoms with Gasteiger partial charge in [0.1, 0.15) is 0 Å². The number of halogens is 1. The van der Waals surface area contributed by atoms with Gasteiger partial charge in [0.05, 0.1) is 16.6 Å². The summed E-state index contributed by atoms with van der Waals surface area (Å²) in [6.07, 6.45) is 4.69. The van der Waals surface area contributed by atoms with Crippen molar-refractivity contribution in [2.75, 3.05) is 0 Å². The first kappa shape index (κ1) is 18.9. The number of carbonyl (C=O) groups is 2. The first-order valence-electron chi connectivity index (χ1n) is 9.31. The van der Waals surface area contributed by atoms with Crippen LogP contribution in [-0.4, -0.2) is 31.4 Å². The van der Waals surface area contributed by atoms with Crippen LogP contribution in [0.2, 0.25) is 5.02 Å². The van der Waals surface area contributed by atoms with Gasteiger partial charge in [0.25, 0.3) is 17.6 Å². The van der Waals surface area contributed by atoms with Gasteiger partial charge in [-0.25, -0.2) is 0 Å². The van der Waals surface area contributed by atoms with E-state index in [2.05, 4.69) is 15.2 Å². The Hall–Kier alpha value is -4.10. The minimum Gasteiger partial charge on any atom is -0.413 e. The molecule has 0 aliphatic heterocycles. The molecule has 8 heteroatoms. The van der Waals surface area contributed by atoms with Gasteiger partial charge in [-0.3, -0.25) is 19.1 Å². The van der Waals surface area contributed by atoms with Crippen molar-refractivity contribution < 1.29 is 14.0 Å². The first-order chi connectivity index (χ1) is 15.1. The molecule has 3 aromatic heterocycles. The zero-order valence-electron chi connectivity index (χ0n) is 15.9. The van der Waals surface area contributed by atoms with E-state index in [1.807, 2.05) is 0 Å². The zero-order chi connectivity index (χ0) is 21.4. The molecular weight excluding hydrogens is 416 g/mol. The molecule has 0 saturated carbocycles. The molecule has 0 unspecified atom stereocenters. The molecule has 0 radical (unpaired) electrons. The molecule has 0 atom stereocenters. The minimum atomic E-state index is -0.471. The van der Waals surface area contributed by atoms with Crippen LogP contribution < -0.4 is 0 Å². The van der Waals surface area contributed by atoms with E-state index in [1.54, 1.807) is 73.1 Å². The first-order valence-corrected chi connectivity index (χ1v) is 9.68. The van der Waals surface area contributed by atoms with Crippen LogP contribution in [-0.2, 0) is 0 Å². The number of ketones is 1. The lowest BCUT2D eigenvalue weighted by molar-refractivity contribution is 0.0965. The van der Waals surface area contributed by atoms with E-state index >= 15 is 0 Å². The van der Waals surface area contributed by atoms with Gasteiger partial charge in [-0.1, -0.05) is 29.8 Å². The Morgan fingerprint density at radius 3 is 2.52 bits per heavy atom. The van der Waals surface area contributed by atoms with Crippen molar-refractivity contribution in [3.05, 3.63) is 101 Å². The van der Waals surface area contributed by atoms with Crippen LogP contribution in [0.4, 0.5) is 0 Å². The fourth-order valence-electron chi connectivity index (χ4n) is 3.30. The van der Waals surface area contributed by atoms with Crippen LogP contribution >= 0.6 is 11.6 Å². The van der Waals surface area contributed by atoms with Crippen molar-refractivity contribution in [3.63, 3.8) is 0 Å². The van der Waals surface area contributed by atoms with E-state index in [-0.39, 0.29) is 17.7 Å². The molecule has 0 saturated heterocycles. The van der Waals surface area contributed by atoms with Gasteiger partial charge in [-0.15, -0.1) is 10.2 Å². The van der Waals surface area contributed by atoms with Crippen LogP contribution in [0.1, 0.15) is 26.6 Å². The Labute approximate surface area is 180 Å². The maximum atomic E-state index is 13.2. The molecule has 0 bridgehead atoms. The molecule has 5 aromatic rings. The van der Waals surface area contributed by atoms with E-state index in [9.17, 15) is 9.59 Å². The highest BCUT2D eigenvalue weighted by Gasteiger charge is 2.24. The molecule has 2 aromatic carbocycles. The van der Waals surface area contributed by atoms with Crippen LogP contribution in [0.25, 0.3) is 22.4 Å². The monoisotopic (exact) mass is 428 g/mol. The third-order valence-electron chi connectivity index (χ3n) is 4.79. The smallest absolute Gasteiger partial charge is 0.289 e. The van der Waals surface area contributed by atoms with Crippen LogP contribution in [0.3, 0.4) is 0 Å². The Morgan fingerprint density at radius 1 is 0.935 bits per heavy atom. The van der Waals surface area contributed by atoms with E-state index in [1.165, 1.54) is 10.8 Å². The summed E-state index contributed by atoms with van der Waals surface area (Å²) in [6, 6.07) is 17.2. The highest BCUT2D eigenvalue weighted by molar-refractivity contribution is 6.30.